The Morgan fingerprint density at radius 2 is 2.00 bits per heavy atom. The predicted molar refractivity (Wildman–Crippen MR) is 103 cm³/mol. The van der Waals surface area contributed by atoms with Gasteiger partial charge in [-0.15, -0.1) is 0 Å². The molecule has 2 amide bonds. The molecule has 27 heavy (non-hydrogen) atoms. The zero-order chi connectivity index (χ0) is 18.8. The van der Waals surface area contributed by atoms with Crippen LogP contribution < -0.4 is 10.1 Å². The van der Waals surface area contributed by atoms with Crippen LogP contribution in [0.5, 0.6) is 5.75 Å². The fourth-order valence-corrected chi connectivity index (χ4v) is 3.73. The Hall–Kier alpha value is -2.54. The van der Waals surface area contributed by atoms with Crippen molar-refractivity contribution in [2.45, 2.75) is 18.9 Å². The average Bonchev–Trinajstić information content (AvgIpc) is 3.22. The van der Waals surface area contributed by atoms with Crippen molar-refractivity contribution in [3.63, 3.8) is 0 Å². The lowest BCUT2D eigenvalue weighted by molar-refractivity contribution is -0.118. The summed E-state index contributed by atoms with van der Waals surface area (Å²) >= 11 is 3.44. The highest BCUT2D eigenvalue weighted by Gasteiger charge is 2.26. The van der Waals surface area contributed by atoms with Crippen LogP contribution in [-0.2, 0) is 4.79 Å². The topological polar surface area (TPSA) is 71.8 Å². The van der Waals surface area contributed by atoms with Gasteiger partial charge in [-0.2, -0.15) is 0 Å². The van der Waals surface area contributed by atoms with Crippen molar-refractivity contribution >= 4 is 33.8 Å². The summed E-state index contributed by atoms with van der Waals surface area (Å²) < 4.78 is 11.6. The maximum absolute atomic E-state index is 12.6. The van der Waals surface area contributed by atoms with Crippen molar-refractivity contribution in [2.24, 2.45) is 0 Å². The minimum Gasteiger partial charge on any atom is -0.488 e. The van der Waals surface area contributed by atoms with Crippen LogP contribution in [0, 0.1) is 0 Å². The number of nitrogens with one attached hydrogen (secondary N) is 1. The van der Waals surface area contributed by atoms with Crippen molar-refractivity contribution < 1.29 is 18.7 Å². The molecule has 0 atom stereocenters. The number of rotatable bonds is 3. The number of benzene rings is 1. The van der Waals surface area contributed by atoms with Crippen molar-refractivity contribution in [1.29, 1.82) is 0 Å². The van der Waals surface area contributed by atoms with Gasteiger partial charge in [0.1, 0.15) is 18.6 Å². The van der Waals surface area contributed by atoms with Crippen LogP contribution in [0.2, 0.25) is 0 Å². The number of piperidine rings is 1. The first-order valence-corrected chi connectivity index (χ1v) is 9.65. The van der Waals surface area contributed by atoms with Gasteiger partial charge in [-0.05, 0) is 43.2 Å². The zero-order valence-electron chi connectivity index (χ0n) is 14.6. The van der Waals surface area contributed by atoms with Crippen LogP contribution >= 0.6 is 15.9 Å². The smallest absolute Gasteiger partial charge is 0.257 e. The molecule has 0 unspecified atom stereocenters. The van der Waals surface area contributed by atoms with Gasteiger partial charge in [0, 0.05) is 29.2 Å². The SMILES string of the molecule is O=C(NC1CCN(C(=O)c2ccoc2)CC1)C1=Cc2cc(Br)ccc2OC1. The van der Waals surface area contributed by atoms with E-state index in [1.54, 1.807) is 11.0 Å². The summed E-state index contributed by atoms with van der Waals surface area (Å²) in [6.07, 6.45) is 6.28. The molecule has 1 N–H and O–H groups in total. The molecule has 0 saturated carbocycles. The van der Waals surface area contributed by atoms with Gasteiger partial charge in [0.25, 0.3) is 11.8 Å². The van der Waals surface area contributed by atoms with E-state index in [0.717, 1.165) is 28.6 Å². The maximum Gasteiger partial charge on any atom is 0.257 e. The van der Waals surface area contributed by atoms with Gasteiger partial charge in [0.05, 0.1) is 17.4 Å². The first-order chi connectivity index (χ1) is 13.1. The van der Waals surface area contributed by atoms with Gasteiger partial charge in [-0.25, -0.2) is 0 Å². The predicted octanol–water partition coefficient (Wildman–Crippen LogP) is 3.24. The summed E-state index contributed by atoms with van der Waals surface area (Å²) in [6.45, 7) is 1.48. The molecule has 1 aromatic carbocycles. The molecule has 7 heteroatoms. The largest absolute Gasteiger partial charge is 0.488 e. The monoisotopic (exact) mass is 430 g/mol. The summed E-state index contributed by atoms with van der Waals surface area (Å²) in [5, 5.41) is 3.07. The average molecular weight is 431 g/mol. The molecule has 1 fully saturated rings. The van der Waals surface area contributed by atoms with E-state index in [0.29, 0.717) is 24.2 Å². The van der Waals surface area contributed by atoms with Crippen molar-refractivity contribution in [3.8, 4) is 5.75 Å². The van der Waals surface area contributed by atoms with E-state index < -0.39 is 0 Å². The number of likely N-dealkylation sites (tertiary alicyclic amines) is 1. The van der Waals surface area contributed by atoms with E-state index >= 15 is 0 Å². The van der Waals surface area contributed by atoms with Crippen LogP contribution in [-0.4, -0.2) is 42.5 Å². The van der Waals surface area contributed by atoms with Crippen LogP contribution in [0.25, 0.3) is 6.08 Å². The Balaban J connectivity index is 1.34. The van der Waals surface area contributed by atoms with Gasteiger partial charge in [0.2, 0.25) is 0 Å². The molecule has 2 aliphatic rings. The van der Waals surface area contributed by atoms with Crippen LogP contribution in [0.3, 0.4) is 0 Å². The minimum absolute atomic E-state index is 0.0286. The quantitative estimate of drug-likeness (QED) is 0.810. The highest BCUT2D eigenvalue weighted by atomic mass is 79.9. The van der Waals surface area contributed by atoms with Crippen molar-refractivity contribution in [1.82, 2.24) is 10.2 Å². The lowest BCUT2D eigenvalue weighted by Crippen LogP contribution is -2.47. The first kappa shape index (κ1) is 17.9. The van der Waals surface area contributed by atoms with E-state index in [-0.39, 0.29) is 24.5 Å². The second kappa shape index (κ2) is 7.60. The Morgan fingerprint density at radius 1 is 1.19 bits per heavy atom. The fourth-order valence-electron chi connectivity index (χ4n) is 3.35. The number of ether oxygens (including phenoxy) is 1. The molecular formula is C20H19BrN2O4. The number of carbonyl (C=O) groups is 2. The van der Waals surface area contributed by atoms with Crippen LogP contribution in [0.15, 0.2) is 51.3 Å². The van der Waals surface area contributed by atoms with Crippen molar-refractivity contribution in [2.75, 3.05) is 19.7 Å². The molecule has 4 rings (SSSR count). The minimum atomic E-state index is -0.111. The van der Waals surface area contributed by atoms with E-state index in [1.165, 1.54) is 12.5 Å². The summed E-state index contributed by atoms with van der Waals surface area (Å²) in [4.78, 5) is 26.7. The van der Waals surface area contributed by atoms with Crippen LogP contribution in [0.1, 0.15) is 28.8 Å². The van der Waals surface area contributed by atoms with Gasteiger partial charge in [-0.3, -0.25) is 9.59 Å². The highest BCUT2D eigenvalue weighted by Crippen LogP contribution is 2.29. The van der Waals surface area contributed by atoms with Gasteiger partial charge in [-0.1, -0.05) is 15.9 Å². The third-order valence-corrected chi connectivity index (χ3v) is 5.36. The van der Waals surface area contributed by atoms with E-state index in [1.807, 2.05) is 24.3 Å². The van der Waals surface area contributed by atoms with E-state index in [2.05, 4.69) is 21.2 Å². The van der Waals surface area contributed by atoms with E-state index in [4.69, 9.17) is 9.15 Å². The van der Waals surface area contributed by atoms with Gasteiger partial charge in [0.15, 0.2) is 0 Å². The number of hydrogen-bond acceptors (Lipinski definition) is 4. The number of fused-ring (bicyclic) bond motifs is 1. The van der Waals surface area contributed by atoms with E-state index in [9.17, 15) is 9.59 Å². The number of nitrogens with zero attached hydrogens (tertiary/aromatic N) is 1. The molecule has 0 radical (unpaired) electrons. The Morgan fingerprint density at radius 3 is 2.74 bits per heavy atom. The summed E-state index contributed by atoms with van der Waals surface area (Å²) in [7, 11) is 0. The third kappa shape index (κ3) is 3.93. The summed E-state index contributed by atoms with van der Waals surface area (Å²) in [5.41, 5.74) is 2.06. The number of carbonyl (C=O) groups excluding carboxylic acids is 2. The maximum atomic E-state index is 12.6. The molecule has 2 aromatic rings. The first-order valence-electron chi connectivity index (χ1n) is 8.85. The van der Waals surface area contributed by atoms with Crippen molar-refractivity contribution in [3.05, 3.63) is 58.0 Å². The normalized spacial score (nSPS) is 16.9. The lowest BCUT2D eigenvalue weighted by atomic mass is 10.0. The molecule has 1 saturated heterocycles. The van der Waals surface area contributed by atoms with Crippen LogP contribution in [0.4, 0.5) is 0 Å². The second-order valence-electron chi connectivity index (χ2n) is 6.69. The van der Waals surface area contributed by atoms with Gasteiger partial charge < -0.3 is 19.4 Å². The number of furan rings is 1. The molecular weight excluding hydrogens is 412 g/mol. The molecule has 0 aliphatic carbocycles. The Labute approximate surface area is 165 Å². The molecule has 0 spiro atoms. The molecule has 140 valence electrons. The molecule has 0 bridgehead atoms. The summed E-state index contributed by atoms with van der Waals surface area (Å²) in [5.74, 6) is 0.639. The Kier molecular flexibility index (Phi) is 5.03. The third-order valence-electron chi connectivity index (χ3n) is 4.86. The van der Waals surface area contributed by atoms with Gasteiger partial charge >= 0.3 is 0 Å². The second-order valence-corrected chi connectivity index (χ2v) is 7.61. The highest BCUT2D eigenvalue weighted by molar-refractivity contribution is 9.10. The molecule has 1 aromatic heterocycles. The standard InChI is InChI=1S/C20H19BrN2O4/c21-16-1-2-18-14(10-16)9-15(12-27-18)19(24)22-17-3-6-23(7-4-17)20(25)13-5-8-26-11-13/h1-2,5,8-11,17H,3-4,6-7,12H2,(H,22,24). The fraction of sp³-hybridized carbons (Fsp3) is 0.300. The number of halogens is 1. The zero-order valence-corrected chi connectivity index (χ0v) is 16.2. The summed E-state index contributed by atoms with van der Waals surface area (Å²) in [6, 6.07) is 7.45. The molecule has 3 heterocycles. The number of hydrogen-bond donors (Lipinski definition) is 1. The Bertz CT molecular complexity index is 883. The molecule has 2 aliphatic heterocycles. The lowest BCUT2D eigenvalue weighted by Gasteiger charge is -2.32. The number of amides is 2. The molecule has 6 nitrogen and oxygen atoms in total.